The highest BCUT2D eigenvalue weighted by Gasteiger charge is 2.57. The smallest absolute Gasteiger partial charge is 0.330 e. The predicted octanol–water partition coefficient (Wildman–Crippen LogP) is 0.159. The molecular formula is C21H30N4O7S. The topological polar surface area (TPSA) is 132 Å². The van der Waals surface area contributed by atoms with E-state index >= 15 is 0 Å². The number of thioether (sulfide) groups is 1. The molecule has 1 aromatic heterocycles. The van der Waals surface area contributed by atoms with E-state index in [-0.39, 0.29) is 12.5 Å². The molecule has 1 aromatic rings. The van der Waals surface area contributed by atoms with Crippen molar-refractivity contribution in [2.24, 2.45) is 0 Å². The second-order valence-corrected chi connectivity index (χ2v) is 12.2. The van der Waals surface area contributed by atoms with Crippen molar-refractivity contribution in [2.75, 3.05) is 6.54 Å². The van der Waals surface area contributed by atoms with Crippen LogP contribution in [0.1, 0.15) is 47.8 Å². The first-order chi connectivity index (χ1) is 15.3. The molecular weight excluding hydrogens is 452 g/mol. The van der Waals surface area contributed by atoms with Gasteiger partial charge in [0.15, 0.2) is 12.0 Å². The Kier molecular flexibility index (Phi) is 5.79. The quantitative estimate of drug-likeness (QED) is 0.568. The molecule has 4 heterocycles. The fourth-order valence-electron chi connectivity index (χ4n) is 5.00. The number of hydrogen-bond acceptors (Lipinski definition) is 8. The summed E-state index contributed by atoms with van der Waals surface area (Å²) in [5, 5.41) is 2.90. The van der Waals surface area contributed by atoms with Crippen LogP contribution in [0.25, 0.3) is 0 Å². The molecule has 11 nitrogen and oxygen atoms in total. The number of nitrogens with one attached hydrogen (secondary N) is 2. The lowest BCUT2D eigenvalue weighted by molar-refractivity contribution is -0.196. The molecule has 2 amide bonds. The van der Waals surface area contributed by atoms with Crippen LogP contribution in [0.15, 0.2) is 21.9 Å². The molecule has 5 atom stereocenters. The number of carbonyl (C=O) groups excluding carboxylic acids is 2. The minimum absolute atomic E-state index is 0.0957. The number of rotatable bonds is 5. The normalized spacial score (nSPS) is 33.6. The summed E-state index contributed by atoms with van der Waals surface area (Å²) in [4.78, 5) is 52.0. The summed E-state index contributed by atoms with van der Waals surface area (Å²) in [5.41, 5.74) is -1.14. The van der Waals surface area contributed by atoms with Crippen molar-refractivity contribution in [1.82, 2.24) is 19.8 Å². The molecule has 4 rings (SSSR count). The van der Waals surface area contributed by atoms with E-state index in [0.717, 1.165) is 0 Å². The van der Waals surface area contributed by atoms with Gasteiger partial charge in [-0.05, 0) is 41.5 Å². The summed E-state index contributed by atoms with van der Waals surface area (Å²) in [5.74, 6) is -1.21. The molecule has 3 saturated heterocycles. The maximum atomic E-state index is 13.2. The van der Waals surface area contributed by atoms with Gasteiger partial charge in [0.2, 0.25) is 12.3 Å². The van der Waals surface area contributed by atoms with Gasteiger partial charge in [0.25, 0.3) is 5.56 Å². The number of aromatic nitrogens is 2. The zero-order chi connectivity index (χ0) is 24.3. The van der Waals surface area contributed by atoms with Crippen LogP contribution in [0.4, 0.5) is 0 Å². The fraction of sp³-hybridized carbons (Fsp3) is 0.714. The number of hydrogen-bond donors (Lipinski definition) is 2. The van der Waals surface area contributed by atoms with Crippen molar-refractivity contribution < 1.29 is 23.8 Å². The zero-order valence-electron chi connectivity index (χ0n) is 19.5. The van der Waals surface area contributed by atoms with Crippen LogP contribution in [0.5, 0.6) is 0 Å². The Labute approximate surface area is 195 Å². The molecule has 0 radical (unpaired) electrons. The Balaban J connectivity index is 1.53. The van der Waals surface area contributed by atoms with Crippen LogP contribution in [-0.2, 0) is 23.8 Å². The summed E-state index contributed by atoms with van der Waals surface area (Å²) in [6.45, 7) is 11.3. The second-order valence-electron chi connectivity index (χ2n) is 9.96. The number of H-pyrrole nitrogens is 1. The summed E-state index contributed by atoms with van der Waals surface area (Å²) < 4.78 is 18.8. The molecule has 0 spiro atoms. The monoisotopic (exact) mass is 482 g/mol. The fourth-order valence-corrected chi connectivity index (χ4v) is 6.87. The first-order valence-electron chi connectivity index (χ1n) is 10.8. The van der Waals surface area contributed by atoms with Gasteiger partial charge in [-0.3, -0.25) is 23.9 Å². The molecule has 0 aromatic carbocycles. The van der Waals surface area contributed by atoms with Crippen LogP contribution >= 0.6 is 11.8 Å². The molecule has 0 aliphatic carbocycles. The van der Waals surface area contributed by atoms with Crippen molar-refractivity contribution in [3.8, 4) is 0 Å². The number of fused-ring (bicyclic) bond motifs is 1. The third-order valence-electron chi connectivity index (χ3n) is 6.16. The van der Waals surface area contributed by atoms with Gasteiger partial charge < -0.3 is 24.4 Å². The SMILES string of the molecule is CC1(C)O[C@@H]2[C@H](O1)[C@@H](CNC(=O)[C@H]1N(C=O)C(C)(C)SC1(C)C)O[C@H]2n1ccc(=O)[nH]c1=O. The number of aromatic amines is 1. The number of ether oxygens (including phenoxy) is 3. The summed E-state index contributed by atoms with van der Waals surface area (Å²) in [7, 11) is 0. The average Bonchev–Trinajstić information content (AvgIpc) is 3.22. The van der Waals surface area contributed by atoms with Gasteiger partial charge in [-0.15, -0.1) is 11.8 Å². The third kappa shape index (κ3) is 4.25. The minimum Gasteiger partial charge on any atom is -0.352 e. The van der Waals surface area contributed by atoms with Gasteiger partial charge >= 0.3 is 5.69 Å². The Morgan fingerprint density at radius 3 is 2.48 bits per heavy atom. The van der Waals surface area contributed by atoms with Crippen LogP contribution in [0.2, 0.25) is 0 Å². The highest BCUT2D eigenvalue weighted by atomic mass is 32.2. The molecule has 0 saturated carbocycles. The Hall–Kier alpha value is -2.15. The maximum absolute atomic E-state index is 13.2. The molecule has 12 heteroatoms. The van der Waals surface area contributed by atoms with E-state index in [2.05, 4.69) is 10.3 Å². The molecule has 33 heavy (non-hydrogen) atoms. The summed E-state index contributed by atoms with van der Waals surface area (Å²) in [6.07, 6.45) is -0.557. The van der Waals surface area contributed by atoms with Crippen molar-refractivity contribution in [3.05, 3.63) is 33.1 Å². The number of nitrogens with zero attached hydrogens (tertiary/aromatic N) is 2. The van der Waals surface area contributed by atoms with Crippen molar-refractivity contribution in [2.45, 2.75) is 87.5 Å². The maximum Gasteiger partial charge on any atom is 0.330 e. The standard InChI is InChI=1S/C21H30N4O7S/c1-19(2)15(25(10-26)20(3,4)33-19)16(28)22-9-11-13-14(32-21(5,6)31-13)17(30-11)24-8-7-12(27)23-18(24)29/h7-8,10-11,13-15,17H,9H2,1-6H3,(H,22,28)(H,23,27,29)/t11-,13-,14-,15-,17-/m1/s1. The largest absolute Gasteiger partial charge is 0.352 e. The van der Waals surface area contributed by atoms with Crippen LogP contribution in [0.3, 0.4) is 0 Å². The Morgan fingerprint density at radius 2 is 1.85 bits per heavy atom. The molecule has 0 unspecified atom stereocenters. The molecule has 0 bridgehead atoms. The summed E-state index contributed by atoms with van der Waals surface area (Å²) in [6, 6.07) is 0.563. The molecule has 3 fully saturated rings. The Morgan fingerprint density at radius 1 is 1.18 bits per heavy atom. The Bertz CT molecular complexity index is 1070. The van der Waals surface area contributed by atoms with E-state index in [4.69, 9.17) is 14.2 Å². The molecule has 182 valence electrons. The van der Waals surface area contributed by atoms with Crippen LogP contribution in [-0.4, -0.2) is 73.1 Å². The van der Waals surface area contributed by atoms with E-state index in [1.807, 2.05) is 27.7 Å². The highest BCUT2D eigenvalue weighted by molar-refractivity contribution is 8.02. The van der Waals surface area contributed by atoms with Crippen molar-refractivity contribution in [1.29, 1.82) is 0 Å². The lowest BCUT2D eigenvalue weighted by atomic mass is 10.00. The number of amides is 2. The van der Waals surface area contributed by atoms with Crippen molar-refractivity contribution in [3.63, 3.8) is 0 Å². The van der Waals surface area contributed by atoms with Crippen LogP contribution in [0, 0.1) is 0 Å². The van der Waals surface area contributed by atoms with Gasteiger partial charge in [-0.1, -0.05) is 0 Å². The number of carbonyl (C=O) groups is 2. The lowest BCUT2D eigenvalue weighted by Gasteiger charge is -2.32. The lowest BCUT2D eigenvalue weighted by Crippen LogP contribution is -2.55. The van der Waals surface area contributed by atoms with Gasteiger partial charge in [0.1, 0.15) is 24.4 Å². The van der Waals surface area contributed by atoms with E-state index in [0.29, 0.717) is 6.41 Å². The molecule has 2 N–H and O–H groups in total. The van der Waals surface area contributed by atoms with E-state index in [9.17, 15) is 19.2 Å². The predicted molar refractivity (Wildman–Crippen MR) is 120 cm³/mol. The van der Waals surface area contributed by atoms with Crippen molar-refractivity contribution >= 4 is 24.1 Å². The average molecular weight is 483 g/mol. The first-order valence-corrected chi connectivity index (χ1v) is 11.6. The van der Waals surface area contributed by atoms with Crippen LogP contribution < -0.4 is 16.6 Å². The van der Waals surface area contributed by atoms with Gasteiger partial charge in [-0.25, -0.2) is 4.79 Å². The first kappa shape index (κ1) is 24.0. The van der Waals surface area contributed by atoms with Gasteiger partial charge in [-0.2, -0.15) is 0 Å². The van der Waals surface area contributed by atoms with E-state index in [1.54, 1.807) is 25.6 Å². The highest BCUT2D eigenvalue weighted by Crippen LogP contribution is 2.50. The van der Waals surface area contributed by atoms with E-state index < -0.39 is 57.2 Å². The molecule has 3 aliphatic rings. The second kappa shape index (κ2) is 7.97. The van der Waals surface area contributed by atoms with E-state index in [1.165, 1.54) is 21.7 Å². The summed E-state index contributed by atoms with van der Waals surface area (Å²) >= 11 is 1.56. The minimum atomic E-state index is -0.909. The van der Waals surface area contributed by atoms with Gasteiger partial charge in [0, 0.05) is 23.6 Å². The van der Waals surface area contributed by atoms with Gasteiger partial charge in [0.05, 0.1) is 4.87 Å². The zero-order valence-corrected chi connectivity index (χ0v) is 20.3. The molecule has 3 aliphatic heterocycles. The third-order valence-corrected chi connectivity index (χ3v) is 7.62.